The van der Waals surface area contributed by atoms with Gasteiger partial charge in [0, 0.05) is 12.7 Å². The Hall–Kier alpha value is -2.28. The molecule has 0 heterocycles. The second-order valence-corrected chi connectivity index (χ2v) is 6.38. The molecule has 0 bridgehead atoms. The summed E-state index contributed by atoms with van der Waals surface area (Å²) in [6, 6.07) is 21.2. The predicted octanol–water partition coefficient (Wildman–Crippen LogP) is 6.07. The van der Waals surface area contributed by atoms with Crippen LogP contribution in [0.4, 0.5) is 0 Å². The standard InChI is InChI=1S/C23H29N/c1-4-19(2)23(18-24-17-21-11-7-5-8-12-21)16-15-20(3)22-13-9-6-10-14-22/h5-16,18-20,24H,4,17H2,1-3H3/b16-15-,23-18-. The van der Waals surface area contributed by atoms with Crippen molar-refractivity contribution in [2.45, 2.75) is 39.7 Å². The highest BCUT2D eigenvalue weighted by atomic mass is 14.8. The molecule has 0 fully saturated rings. The van der Waals surface area contributed by atoms with Gasteiger partial charge < -0.3 is 5.32 Å². The van der Waals surface area contributed by atoms with Gasteiger partial charge in [0.15, 0.2) is 0 Å². The van der Waals surface area contributed by atoms with Crippen LogP contribution in [0.25, 0.3) is 0 Å². The zero-order valence-corrected chi connectivity index (χ0v) is 15.1. The first-order chi connectivity index (χ1) is 11.7. The van der Waals surface area contributed by atoms with Crippen molar-refractivity contribution in [1.82, 2.24) is 5.32 Å². The number of rotatable bonds is 8. The van der Waals surface area contributed by atoms with E-state index < -0.39 is 0 Å². The molecule has 2 aromatic carbocycles. The summed E-state index contributed by atoms with van der Waals surface area (Å²) < 4.78 is 0. The normalized spacial score (nSPS) is 14.5. The van der Waals surface area contributed by atoms with Gasteiger partial charge in [0.1, 0.15) is 0 Å². The van der Waals surface area contributed by atoms with Crippen molar-refractivity contribution in [2.24, 2.45) is 5.92 Å². The highest BCUT2D eigenvalue weighted by molar-refractivity contribution is 5.28. The third-order valence-electron chi connectivity index (χ3n) is 4.50. The van der Waals surface area contributed by atoms with E-state index in [4.69, 9.17) is 0 Å². The SMILES string of the molecule is CCC(C)C(/C=C\C(C)c1ccccc1)=C\NCc1ccccc1. The van der Waals surface area contributed by atoms with Crippen molar-refractivity contribution in [3.63, 3.8) is 0 Å². The van der Waals surface area contributed by atoms with Crippen molar-refractivity contribution in [3.8, 4) is 0 Å². The molecule has 1 nitrogen and oxygen atoms in total. The fraction of sp³-hybridized carbons (Fsp3) is 0.304. The first kappa shape index (κ1) is 18.1. The van der Waals surface area contributed by atoms with Crippen LogP contribution in [0.2, 0.25) is 0 Å². The zero-order valence-electron chi connectivity index (χ0n) is 15.1. The molecule has 1 N–H and O–H groups in total. The lowest BCUT2D eigenvalue weighted by Crippen LogP contribution is -2.08. The molecular formula is C23H29N. The molecule has 0 spiro atoms. The Bertz CT molecular complexity index is 640. The Kier molecular flexibility index (Phi) is 7.35. The van der Waals surface area contributed by atoms with E-state index in [9.17, 15) is 0 Å². The molecule has 0 saturated carbocycles. The monoisotopic (exact) mass is 319 g/mol. The minimum atomic E-state index is 0.424. The number of nitrogens with one attached hydrogen (secondary N) is 1. The maximum Gasteiger partial charge on any atom is 0.0395 e. The summed E-state index contributed by atoms with van der Waals surface area (Å²) in [5, 5.41) is 3.47. The summed E-state index contributed by atoms with van der Waals surface area (Å²) in [4.78, 5) is 0. The van der Waals surface area contributed by atoms with Crippen LogP contribution in [0.5, 0.6) is 0 Å². The van der Waals surface area contributed by atoms with Gasteiger partial charge in [-0.05, 0) is 35.0 Å². The highest BCUT2D eigenvalue weighted by Crippen LogP contribution is 2.20. The minimum absolute atomic E-state index is 0.424. The van der Waals surface area contributed by atoms with Crippen LogP contribution >= 0.6 is 0 Å². The maximum absolute atomic E-state index is 3.47. The van der Waals surface area contributed by atoms with Gasteiger partial charge in [-0.25, -0.2) is 0 Å². The summed E-state index contributed by atoms with van der Waals surface area (Å²) in [5.41, 5.74) is 4.02. The largest absolute Gasteiger partial charge is 0.387 e. The second kappa shape index (κ2) is 9.77. The molecule has 24 heavy (non-hydrogen) atoms. The minimum Gasteiger partial charge on any atom is -0.387 e. The summed E-state index contributed by atoms with van der Waals surface area (Å²) in [6.07, 6.45) is 7.90. The molecule has 126 valence electrons. The Morgan fingerprint density at radius 1 is 0.958 bits per heavy atom. The molecule has 1 heteroatoms. The molecule has 0 radical (unpaired) electrons. The van der Waals surface area contributed by atoms with E-state index in [-0.39, 0.29) is 0 Å². The average molecular weight is 319 g/mol. The van der Waals surface area contributed by atoms with Crippen LogP contribution in [0.3, 0.4) is 0 Å². The fourth-order valence-corrected chi connectivity index (χ4v) is 2.60. The van der Waals surface area contributed by atoms with E-state index in [1.165, 1.54) is 16.7 Å². The molecule has 2 rings (SSSR count). The lowest BCUT2D eigenvalue weighted by molar-refractivity contribution is 0.660. The topological polar surface area (TPSA) is 12.0 Å². The Balaban J connectivity index is 2.02. The molecule has 2 aromatic rings. The number of benzene rings is 2. The van der Waals surface area contributed by atoms with Crippen LogP contribution < -0.4 is 5.32 Å². The van der Waals surface area contributed by atoms with Crippen LogP contribution in [0.1, 0.15) is 44.2 Å². The van der Waals surface area contributed by atoms with E-state index in [1.807, 2.05) is 0 Å². The predicted molar refractivity (Wildman–Crippen MR) is 105 cm³/mol. The maximum atomic E-state index is 3.47. The average Bonchev–Trinajstić information content (AvgIpc) is 2.65. The van der Waals surface area contributed by atoms with E-state index >= 15 is 0 Å². The van der Waals surface area contributed by atoms with E-state index in [0.717, 1.165) is 13.0 Å². The number of allylic oxidation sites excluding steroid dienone is 3. The van der Waals surface area contributed by atoms with Gasteiger partial charge in [-0.1, -0.05) is 93.6 Å². The summed E-state index contributed by atoms with van der Waals surface area (Å²) in [5.74, 6) is 0.972. The Labute approximate surface area is 147 Å². The molecule has 0 aliphatic carbocycles. The molecule has 0 amide bonds. The van der Waals surface area contributed by atoms with E-state index in [0.29, 0.717) is 11.8 Å². The highest BCUT2D eigenvalue weighted by Gasteiger charge is 2.05. The van der Waals surface area contributed by atoms with Gasteiger partial charge in [-0.2, -0.15) is 0 Å². The van der Waals surface area contributed by atoms with Crippen molar-refractivity contribution >= 4 is 0 Å². The van der Waals surface area contributed by atoms with Gasteiger partial charge in [0.2, 0.25) is 0 Å². The number of hydrogen-bond donors (Lipinski definition) is 1. The first-order valence-electron chi connectivity index (χ1n) is 8.91. The summed E-state index contributed by atoms with van der Waals surface area (Å²) in [6.45, 7) is 7.64. The van der Waals surface area contributed by atoms with Crippen molar-refractivity contribution in [2.75, 3.05) is 0 Å². The lowest BCUT2D eigenvalue weighted by Gasteiger charge is -2.13. The van der Waals surface area contributed by atoms with Crippen molar-refractivity contribution in [3.05, 3.63) is 95.7 Å². The smallest absolute Gasteiger partial charge is 0.0395 e. The van der Waals surface area contributed by atoms with Crippen LogP contribution in [0.15, 0.2) is 84.6 Å². The van der Waals surface area contributed by atoms with Crippen molar-refractivity contribution < 1.29 is 0 Å². The molecular weight excluding hydrogens is 290 g/mol. The third kappa shape index (κ3) is 5.73. The zero-order chi connectivity index (χ0) is 17.2. The summed E-state index contributed by atoms with van der Waals surface area (Å²) in [7, 11) is 0. The van der Waals surface area contributed by atoms with E-state index in [2.05, 4.69) is 105 Å². The molecule has 0 aliphatic heterocycles. The fourth-order valence-electron chi connectivity index (χ4n) is 2.60. The van der Waals surface area contributed by atoms with Gasteiger partial charge in [0.05, 0.1) is 0 Å². The van der Waals surface area contributed by atoms with Crippen LogP contribution in [0, 0.1) is 5.92 Å². The van der Waals surface area contributed by atoms with Gasteiger partial charge in [0.25, 0.3) is 0 Å². The quantitative estimate of drug-likeness (QED) is 0.583. The Morgan fingerprint density at radius 2 is 1.58 bits per heavy atom. The molecule has 2 unspecified atom stereocenters. The number of hydrogen-bond acceptors (Lipinski definition) is 1. The Morgan fingerprint density at radius 3 is 2.21 bits per heavy atom. The van der Waals surface area contributed by atoms with Gasteiger partial charge in [-0.15, -0.1) is 0 Å². The van der Waals surface area contributed by atoms with Gasteiger partial charge >= 0.3 is 0 Å². The molecule has 0 aromatic heterocycles. The van der Waals surface area contributed by atoms with Gasteiger partial charge in [-0.3, -0.25) is 0 Å². The molecule has 0 aliphatic rings. The first-order valence-corrected chi connectivity index (χ1v) is 8.91. The van der Waals surface area contributed by atoms with Crippen LogP contribution in [-0.2, 0) is 6.54 Å². The van der Waals surface area contributed by atoms with Crippen LogP contribution in [-0.4, -0.2) is 0 Å². The third-order valence-corrected chi connectivity index (χ3v) is 4.50. The van der Waals surface area contributed by atoms with E-state index in [1.54, 1.807) is 0 Å². The second-order valence-electron chi connectivity index (χ2n) is 6.38. The molecule has 0 saturated heterocycles. The summed E-state index contributed by atoms with van der Waals surface area (Å²) >= 11 is 0. The molecule has 2 atom stereocenters. The lowest BCUT2D eigenvalue weighted by atomic mass is 9.95. The van der Waals surface area contributed by atoms with Crippen molar-refractivity contribution in [1.29, 1.82) is 0 Å².